The molecule has 0 radical (unpaired) electrons. The van der Waals surface area contributed by atoms with E-state index in [0.29, 0.717) is 30.4 Å². The predicted octanol–water partition coefficient (Wildman–Crippen LogP) is 1.58. The van der Waals surface area contributed by atoms with Gasteiger partial charge in [-0.1, -0.05) is 17.3 Å². The second-order valence-electron chi connectivity index (χ2n) is 4.31. The summed E-state index contributed by atoms with van der Waals surface area (Å²) in [6.45, 7) is 0.462. The number of nitrogens with zero attached hydrogens (tertiary/aromatic N) is 4. The van der Waals surface area contributed by atoms with Crippen LogP contribution in [0.15, 0.2) is 47.4 Å². The van der Waals surface area contributed by atoms with Gasteiger partial charge < -0.3 is 10.3 Å². The van der Waals surface area contributed by atoms with Crippen molar-refractivity contribution in [1.29, 1.82) is 0 Å². The summed E-state index contributed by atoms with van der Waals surface area (Å²) in [6.07, 6.45) is 5.80. The Balaban J connectivity index is 1.79. The summed E-state index contributed by atoms with van der Waals surface area (Å²) in [5.41, 5.74) is 8.17. The minimum Gasteiger partial charge on any atom is -0.332 e. The first-order valence-electron chi connectivity index (χ1n) is 6.22. The van der Waals surface area contributed by atoms with Crippen LogP contribution in [0.25, 0.3) is 11.6 Å². The zero-order chi connectivity index (χ0) is 13.8. The maximum absolute atomic E-state index is 5.53. The zero-order valence-electron chi connectivity index (χ0n) is 10.7. The lowest BCUT2D eigenvalue weighted by Crippen LogP contribution is -1.97. The van der Waals surface area contributed by atoms with Crippen LogP contribution in [0.5, 0.6) is 0 Å². The topological polar surface area (TPSA) is 90.7 Å². The number of hydrogen-bond acceptors (Lipinski definition) is 6. The molecule has 0 atom stereocenters. The van der Waals surface area contributed by atoms with Crippen LogP contribution >= 0.6 is 0 Å². The van der Waals surface area contributed by atoms with Crippen LogP contribution in [0.4, 0.5) is 0 Å². The summed E-state index contributed by atoms with van der Waals surface area (Å²) < 4.78 is 5.22. The van der Waals surface area contributed by atoms with Crippen molar-refractivity contribution in [3.63, 3.8) is 0 Å². The van der Waals surface area contributed by atoms with Crippen LogP contribution in [-0.2, 0) is 13.0 Å². The van der Waals surface area contributed by atoms with Gasteiger partial charge in [-0.3, -0.25) is 9.97 Å². The molecule has 3 rings (SSSR count). The number of rotatable bonds is 4. The van der Waals surface area contributed by atoms with Crippen molar-refractivity contribution in [2.45, 2.75) is 13.0 Å². The molecule has 0 aliphatic carbocycles. The molecule has 0 unspecified atom stereocenters. The highest BCUT2D eigenvalue weighted by Gasteiger charge is 2.10. The molecule has 0 aromatic carbocycles. The van der Waals surface area contributed by atoms with Crippen molar-refractivity contribution in [2.75, 3.05) is 0 Å². The van der Waals surface area contributed by atoms with Crippen LogP contribution in [-0.4, -0.2) is 20.1 Å². The van der Waals surface area contributed by atoms with Gasteiger partial charge in [0.25, 0.3) is 5.89 Å². The van der Waals surface area contributed by atoms with Crippen molar-refractivity contribution in [1.82, 2.24) is 20.1 Å². The summed E-state index contributed by atoms with van der Waals surface area (Å²) >= 11 is 0. The number of aromatic nitrogens is 4. The smallest absolute Gasteiger partial charge is 0.276 e. The molecule has 6 nitrogen and oxygen atoms in total. The molecule has 0 amide bonds. The summed E-state index contributed by atoms with van der Waals surface area (Å²) in [5, 5.41) is 3.95. The minimum absolute atomic E-state index is 0.410. The zero-order valence-corrected chi connectivity index (χ0v) is 10.7. The van der Waals surface area contributed by atoms with Gasteiger partial charge in [0.15, 0.2) is 5.82 Å². The third-order valence-corrected chi connectivity index (χ3v) is 2.83. The Morgan fingerprint density at radius 3 is 2.75 bits per heavy atom. The molecule has 3 aromatic heterocycles. The highest BCUT2D eigenvalue weighted by molar-refractivity contribution is 5.46. The quantitative estimate of drug-likeness (QED) is 0.771. The number of nitrogens with two attached hydrogens (primary N) is 1. The van der Waals surface area contributed by atoms with Crippen LogP contribution in [0.2, 0.25) is 0 Å². The molecule has 0 saturated heterocycles. The Hall–Kier alpha value is -2.60. The molecule has 2 N–H and O–H groups in total. The first-order chi connectivity index (χ1) is 9.85. The van der Waals surface area contributed by atoms with E-state index >= 15 is 0 Å². The van der Waals surface area contributed by atoms with Crippen LogP contribution in [0.3, 0.4) is 0 Å². The lowest BCUT2D eigenvalue weighted by molar-refractivity contribution is 0.422. The van der Waals surface area contributed by atoms with Crippen LogP contribution in [0, 0.1) is 0 Å². The van der Waals surface area contributed by atoms with Gasteiger partial charge in [0.2, 0.25) is 0 Å². The van der Waals surface area contributed by atoms with E-state index in [1.165, 1.54) is 0 Å². The van der Waals surface area contributed by atoms with E-state index in [1.54, 1.807) is 18.6 Å². The summed E-state index contributed by atoms with van der Waals surface area (Å²) in [5.74, 6) is 1.02. The molecule has 20 heavy (non-hydrogen) atoms. The standard InChI is InChI=1S/C14H13N5O/c15-7-11-3-4-12(17-9-11)14-18-13(19-20-14)6-10-2-1-5-16-8-10/h1-5,8-9H,6-7,15H2. The van der Waals surface area contributed by atoms with E-state index in [4.69, 9.17) is 10.3 Å². The van der Waals surface area contributed by atoms with E-state index in [1.807, 2.05) is 24.3 Å². The SMILES string of the molecule is NCc1ccc(-c2nc(Cc3cccnc3)no2)nc1. The van der Waals surface area contributed by atoms with E-state index in [0.717, 1.165) is 11.1 Å². The Bertz CT molecular complexity index is 678. The minimum atomic E-state index is 0.410. The Morgan fingerprint density at radius 2 is 2.05 bits per heavy atom. The lowest BCUT2D eigenvalue weighted by Gasteiger charge is -1.96. The molecule has 0 aliphatic heterocycles. The van der Waals surface area contributed by atoms with Crippen molar-refractivity contribution in [3.8, 4) is 11.6 Å². The van der Waals surface area contributed by atoms with Crippen molar-refractivity contribution in [2.24, 2.45) is 5.73 Å². The molecule has 0 fully saturated rings. The second kappa shape index (κ2) is 5.58. The van der Waals surface area contributed by atoms with E-state index in [-0.39, 0.29) is 0 Å². The van der Waals surface area contributed by atoms with Gasteiger partial charge in [-0.15, -0.1) is 0 Å². The molecule has 3 aromatic rings. The predicted molar refractivity (Wildman–Crippen MR) is 72.5 cm³/mol. The molecule has 0 spiro atoms. The number of pyridine rings is 2. The van der Waals surface area contributed by atoms with Gasteiger partial charge in [-0.2, -0.15) is 4.98 Å². The van der Waals surface area contributed by atoms with Crippen LogP contribution in [0.1, 0.15) is 17.0 Å². The van der Waals surface area contributed by atoms with E-state index in [9.17, 15) is 0 Å². The average molecular weight is 267 g/mol. The van der Waals surface area contributed by atoms with Gasteiger partial charge >= 0.3 is 0 Å². The van der Waals surface area contributed by atoms with E-state index in [2.05, 4.69) is 20.1 Å². The third-order valence-electron chi connectivity index (χ3n) is 2.83. The summed E-state index contributed by atoms with van der Waals surface area (Å²) in [4.78, 5) is 12.6. The van der Waals surface area contributed by atoms with E-state index < -0.39 is 0 Å². The number of hydrogen-bond donors (Lipinski definition) is 1. The molecular formula is C14H13N5O. The molecule has 100 valence electrons. The maximum Gasteiger partial charge on any atom is 0.276 e. The Labute approximate surface area is 115 Å². The lowest BCUT2D eigenvalue weighted by atomic mass is 10.2. The molecular weight excluding hydrogens is 254 g/mol. The molecule has 0 bridgehead atoms. The fourth-order valence-corrected chi connectivity index (χ4v) is 1.79. The van der Waals surface area contributed by atoms with Gasteiger partial charge in [-0.05, 0) is 23.3 Å². The first-order valence-corrected chi connectivity index (χ1v) is 6.22. The largest absolute Gasteiger partial charge is 0.332 e. The highest BCUT2D eigenvalue weighted by atomic mass is 16.5. The molecule has 0 aliphatic rings. The van der Waals surface area contributed by atoms with Crippen molar-refractivity contribution >= 4 is 0 Å². The second-order valence-corrected chi connectivity index (χ2v) is 4.31. The monoisotopic (exact) mass is 267 g/mol. The van der Waals surface area contributed by atoms with Gasteiger partial charge in [0.1, 0.15) is 5.69 Å². The van der Waals surface area contributed by atoms with Crippen molar-refractivity contribution in [3.05, 3.63) is 59.8 Å². The normalized spacial score (nSPS) is 10.7. The first kappa shape index (κ1) is 12.4. The molecule has 0 saturated carbocycles. The molecule has 6 heteroatoms. The third kappa shape index (κ3) is 2.70. The van der Waals surface area contributed by atoms with Crippen molar-refractivity contribution < 1.29 is 4.52 Å². The van der Waals surface area contributed by atoms with Gasteiger partial charge in [0, 0.05) is 31.6 Å². The maximum atomic E-state index is 5.53. The van der Waals surface area contributed by atoms with Gasteiger partial charge in [-0.25, -0.2) is 0 Å². The highest BCUT2D eigenvalue weighted by Crippen LogP contribution is 2.15. The fourth-order valence-electron chi connectivity index (χ4n) is 1.79. The Morgan fingerprint density at radius 1 is 1.10 bits per heavy atom. The van der Waals surface area contributed by atoms with Crippen LogP contribution < -0.4 is 5.73 Å². The summed E-state index contributed by atoms with van der Waals surface area (Å²) in [7, 11) is 0. The molecule has 3 heterocycles. The average Bonchev–Trinajstić information content (AvgIpc) is 2.97. The Kier molecular flexibility index (Phi) is 3.47. The van der Waals surface area contributed by atoms with Gasteiger partial charge in [0.05, 0.1) is 0 Å². The summed E-state index contributed by atoms with van der Waals surface area (Å²) in [6, 6.07) is 7.57. The fraction of sp³-hybridized carbons (Fsp3) is 0.143.